The second-order valence-electron chi connectivity index (χ2n) is 9.84. The lowest BCUT2D eigenvalue weighted by molar-refractivity contribution is -0.124. The number of nitrogens with zero attached hydrogens (tertiary/aromatic N) is 1. The van der Waals surface area contributed by atoms with E-state index in [1.54, 1.807) is 0 Å². The first-order chi connectivity index (χ1) is 14.5. The number of hydrogen-bond acceptors (Lipinski definition) is 5. The van der Waals surface area contributed by atoms with Gasteiger partial charge in [-0.1, -0.05) is 19.8 Å². The molecule has 1 saturated carbocycles. The van der Waals surface area contributed by atoms with Crippen molar-refractivity contribution in [1.82, 2.24) is 5.32 Å². The van der Waals surface area contributed by atoms with E-state index in [2.05, 4.69) is 12.2 Å². The van der Waals surface area contributed by atoms with Gasteiger partial charge in [0.2, 0.25) is 11.8 Å². The summed E-state index contributed by atoms with van der Waals surface area (Å²) in [7, 11) is 0. The smallest absolute Gasteiger partial charge is 0.254 e. The molecule has 4 heterocycles. The lowest BCUT2D eigenvalue weighted by Crippen LogP contribution is -2.37. The molecule has 160 valence electrons. The fourth-order valence-electron chi connectivity index (χ4n) is 6.37. The quantitative estimate of drug-likeness (QED) is 0.750. The van der Waals surface area contributed by atoms with Crippen LogP contribution in [0.4, 0.5) is 5.00 Å². The van der Waals surface area contributed by atoms with Gasteiger partial charge in [0.15, 0.2) is 0 Å². The zero-order chi connectivity index (χ0) is 20.6. The topological polar surface area (TPSA) is 75.7 Å². The molecule has 5 atom stereocenters. The standard InChI is InChI=1S/C23H28N2O4S/c1-11-6-7-13-16(10-11)30-23(17(13)20(26)24-12-4-2-3-5-12)25-21(27)18-14-8-9-15(29-14)19(18)22(25)28/h11-12,14-15,18-19H,2-10H2,1H3,(H,24,26)/t11-,14-,15-,18-,19+/m1/s1. The number of carbonyl (C=O) groups is 3. The molecule has 1 N–H and O–H groups in total. The van der Waals surface area contributed by atoms with Crippen molar-refractivity contribution in [2.75, 3.05) is 4.90 Å². The van der Waals surface area contributed by atoms with Gasteiger partial charge in [0, 0.05) is 10.9 Å². The Kier molecular flexibility index (Phi) is 4.36. The molecule has 5 aliphatic rings. The van der Waals surface area contributed by atoms with Crippen LogP contribution >= 0.6 is 11.3 Å². The van der Waals surface area contributed by atoms with Crippen molar-refractivity contribution in [1.29, 1.82) is 0 Å². The summed E-state index contributed by atoms with van der Waals surface area (Å²) in [5, 5.41) is 3.79. The second-order valence-corrected chi connectivity index (χ2v) is 10.9. The zero-order valence-corrected chi connectivity index (χ0v) is 18.1. The molecule has 2 bridgehead atoms. The van der Waals surface area contributed by atoms with E-state index in [0.717, 1.165) is 63.4 Å². The average molecular weight is 429 g/mol. The van der Waals surface area contributed by atoms with Gasteiger partial charge in [0.1, 0.15) is 5.00 Å². The van der Waals surface area contributed by atoms with E-state index in [1.807, 2.05) is 0 Å². The van der Waals surface area contributed by atoms with E-state index in [0.29, 0.717) is 16.5 Å². The molecule has 3 amide bonds. The van der Waals surface area contributed by atoms with Crippen LogP contribution in [-0.4, -0.2) is 36.0 Å². The maximum absolute atomic E-state index is 13.4. The van der Waals surface area contributed by atoms with Crippen molar-refractivity contribution in [2.24, 2.45) is 17.8 Å². The van der Waals surface area contributed by atoms with Crippen LogP contribution in [-0.2, 0) is 27.2 Å². The summed E-state index contributed by atoms with van der Waals surface area (Å²) >= 11 is 1.50. The molecule has 0 aromatic carbocycles. The first-order valence-electron chi connectivity index (χ1n) is 11.5. The van der Waals surface area contributed by atoms with Gasteiger partial charge in [-0.15, -0.1) is 11.3 Å². The molecule has 6 rings (SSSR count). The number of rotatable bonds is 3. The maximum Gasteiger partial charge on any atom is 0.254 e. The molecule has 3 saturated heterocycles. The van der Waals surface area contributed by atoms with Gasteiger partial charge in [-0.25, -0.2) is 4.90 Å². The summed E-state index contributed by atoms with van der Waals surface area (Å²) in [5.41, 5.74) is 1.67. The van der Waals surface area contributed by atoms with Gasteiger partial charge in [-0.05, 0) is 56.4 Å². The highest BCUT2D eigenvalue weighted by molar-refractivity contribution is 7.17. The fourth-order valence-corrected chi connectivity index (χ4v) is 7.89. The highest BCUT2D eigenvalue weighted by Crippen LogP contribution is 2.52. The minimum absolute atomic E-state index is 0.0964. The van der Waals surface area contributed by atoms with Crippen LogP contribution in [0.3, 0.4) is 0 Å². The summed E-state index contributed by atoms with van der Waals surface area (Å²) in [5.74, 6) is -0.568. The predicted octanol–water partition coefficient (Wildman–Crippen LogP) is 3.21. The molecule has 0 radical (unpaired) electrons. The van der Waals surface area contributed by atoms with E-state index in [4.69, 9.17) is 4.74 Å². The molecule has 2 aliphatic carbocycles. The van der Waals surface area contributed by atoms with Crippen LogP contribution in [0.1, 0.15) is 72.7 Å². The Labute approximate surface area is 180 Å². The minimum Gasteiger partial charge on any atom is -0.373 e. The first-order valence-corrected chi connectivity index (χ1v) is 12.3. The minimum atomic E-state index is -0.361. The Morgan fingerprint density at radius 3 is 2.37 bits per heavy atom. The number of amides is 3. The molecule has 3 aliphatic heterocycles. The van der Waals surface area contributed by atoms with E-state index in [1.165, 1.54) is 21.1 Å². The second kappa shape index (κ2) is 6.89. The van der Waals surface area contributed by atoms with E-state index < -0.39 is 0 Å². The number of nitrogens with one attached hydrogen (secondary N) is 1. The summed E-state index contributed by atoms with van der Waals surface area (Å²) < 4.78 is 5.88. The third kappa shape index (κ3) is 2.67. The SMILES string of the molecule is C[C@@H]1CCc2c(sc(N3C(=O)[C@@H]4[C@H](C3=O)[C@H]3CC[C@H]4O3)c2C(=O)NC2CCCC2)C1. The van der Waals surface area contributed by atoms with Gasteiger partial charge in [-0.3, -0.25) is 14.4 Å². The number of thiophene rings is 1. The molecule has 6 nitrogen and oxygen atoms in total. The molecule has 7 heteroatoms. The Balaban J connectivity index is 1.40. The highest BCUT2D eigenvalue weighted by atomic mass is 32.1. The number of fused-ring (bicyclic) bond motifs is 6. The molecule has 1 aromatic rings. The molecular formula is C23H28N2O4S. The van der Waals surface area contributed by atoms with E-state index in [-0.39, 0.29) is 47.8 Å². The van der Waals surface area contributed by atoms with Crippen LogP contribution in [0.2, 0.25) is 0 Å². The summed E-state index contributed by atoms with van der Waals surface area (Å²) in [6.45, 7) is 2.23. The van der Waals surface area contributed by atoms with Crippen molar-refractivity contribution >= 4 is 34.1 Å². The Hall–Kier alpha value is -1.73. The van der Waals surface area contributed by atoms with Gasteiger partial charge in [0.25, 0.3) is 5.91 Å². The highest BCUT2D eigenvalue weighted by Gasteiger charge is 2.63. The number of carbonyl (C=O) groups excluding carboxylic acids is 3. The normalized spacial score (nSPS) is 35.2. The van der Waals surface area contributed by atoms with E-state index >= 15 is 0 Å². The van der Waals surface area contributed by atoms with Crippen LogP contribution in [0.15, 0.2) is 0 Å². The number of ether oxygens (including phenoxy) is 1. The van der Waals surface area contributed by atoms with Gasteiger partial charge in [0.05, 0.1) is 29.6 Å². The van der Waals surface area contributed by atoms with Crippen LogP contribution in [0, 0.1) is 17.8 Å². The molecule has 30 heavy (non-hydrogen) atoms. The van der Waals surface area contributed by atoms with E-state index in [9.17, 15) is 14.4 Å². The lowest BCUT2D eigenvalue weighted by Gasteiger charge is -2.21. The Bertz CT molecular complexity index is 906. The first kappa shape index (κ1) is 19.0. The number of anilines is 1. The monoisotopic (exact) mass is 428 g/mol. The van der Waals surface area contributed by atoms with Crippen molar-refractivity contribution in [2.45, 2.75) is 83.0 Å². The van der Waals surface area contributed by atoms with Crippen molar-refractivity contribution < 1.29 is 19.1 Å². The van der Waals surface area contributed by atoms with Gasteiger partial charge >= 0.3 is 0 Å². The molecular weight excluding hydrogens is 400 g/mol. The number of hydrogen-bond donors (Lipinski definition) is 1. The summed E-state index contributed by atoms with van der Waals surface area (Å²) in [6, 6.07) is 0.206. The average Bonchev–Trinajstić information content (AvgIpc) is 3.51. The molecule has 1 aromatic heterocycles. The van der Waals surface area contributed by atoms with Crippen LogP contribution in [0.25, 0.3) is 0 Å². The Morgan fingerprint density at radius 2 is 1.70 bits per heavy atom. The third-order valence-electron chi connectivity index (χ3n) is 7.90. The van der Waals surface area contributed by atoms with Crippen LogP contribution < -0.4 is 10.2 Å². The van der Waals surface area contributed by atoms with Crippen molar-refractivity contribution in [3.8, 4) is 0 Å². The third-order valence-corrected chi connectivity index (χ3v) is 9.14. The number of imide groups is 1. The van der Waals surface area contributed by atoms with Gasteiger partial charge < -0.3 is 10.1 Å². The van der Waals surface area contributed by atoms with Crippen LogP contribution in [0.5, 0.6) is 0 Å². The van der Waals surface area contributed by atoms with Crippen molar-refractivity contribution in [3.05, 3.63) is 16.0 Å². The fraction of sp³-hybridized carbons (Fsp3) is 0.696. The maximum atomic E-state index is 13.4. The zero-order valence-electron chi connectivity index (χ0n) is 17.3. The van der Waals surface area contributed by atoms with Gasteiger partial charge in [-0.2, -0.15) is 0 Å². The molecule has 4 fully saturated rings. The largest absolute Gasteiger partial charge is 0.373 e. The Morgan fingerprint density at radius 1 is 1.03 bits per heavy atom. The molecule has 0 spiro atoms. The summed E-state index contributed by atoms with van der Waals surface area (Å²) in [6.07, 6.45) is 8.56. The molecule has 0 unspecified atom stereocenters. The predicted molar refractivity (Wildman–Crippen MR) is 113 cm³/mol. The lowest BCUT2D eigenvalue weighted by atomic mass is 9.81. The summed E-state index contributed by atoms with van der Waals surface area (Å²) in [4.78, 5) is 42.7. The van der Waals surface area contributed by atoms with Crippen molar-refractivity contribution in [3.63, 3.8) is 0 Å².